The van der Waals surface area contributed by atoms with Gasteiger partial charge in [0.1, 0.15) is 5.69 Å². The standard InChI is InChI=1S/C20H22N5O2/c1-24-7-9-25(10-8-24)12-13-3-2-4-16-15(13)11-18(22-16)14-5-6-17(19(21)26)23-20(14)27/h2-5,11,22H,7-10,12H2,1H3,(H2,21,26)(H,23,27). The molecule has 2 aromatic heterocycles. The molecule has 1 fully saturated rings. The molecular formula is C20H22N5O2. The first kappa shape index (κ1) is 17.5. The number of primary amides is 1. The Labute approximate surface area is 156 Å². The Hall–Kier alpha value is -2.90. The van der Waals surface area contributed by atoms with Gasteiger partial charge in [-0.3, -0.25) is 14.5 Å². The Morgan fingerprint density at radius 2 is 2.00 bits per heavy atom. The number of aromatic nitrogens is 2. The van der Waals surface area contributed by atoms with Crippen molar-refractivity contribution in [2.45, 2.75) is 6.54 Å². The highest BCUT2D eigenvalue weighted by Gasteiger charge is 2.16. The Kier molecular flexibility index (Phi) is 4.55. The number of hydrogen-bond donors (Lipinski definition) is 3. The van der Waals surface area contributed by atoms with E-state index in [0.29, 0.717) is 11.3 Å². The Balaban J connectivity index is 1.67. The number of fused-ring (bicyclic) bond motifs is 1. The van der Waals surface area contributed by atoms with Crippen molar-refractivity contribution in [3.8, 4) is 11.3 Å². The maximum atomic E-state index is 12.3. The van der Waals surface area contributed by atoms with Crippen LogP contribution in [0.1, 0.15) is 16.1 Å². The van der Waals surface area contributed by atoms with E-state index < -0.39 is 5.91 Å². The van der Waals surface area contributed by atoms with Crippen LogP contribution in [0.25, 0.3) is 22.2 Å². The zero-order chi connectivity index (χ0) is 19.0. The molecule has 1 amide bonds. The van der Waals surface area contributed by atoms with E-state index in [1.54, 1.807) is 0 Å². The summed E-state index contributed by atoms with van der Waals surface area (Å²) in [7, 11) is 2.15. The number of aromatic amines is 2. The van der Waals surface area contributed by atoms with Crippen molar-refractivity contribution in [3.05, 3.63) is 58.0 Å². The molecule has 4 N–H and O–H groups in total. The highest BCUT2D eigenvalue weighted by Crippen LogP contribution is 2.26. The largest absolute Gasteiger partial charge is 0.364 e. The minimum Gasteiger partial charge on any atom is -0.364 e. The molecule has 1 aliphatic rings. The Morgan fingerprint density at radius 1 is 1.22 bits per heavy atom. The summed E-state index contributed by atoms with van der Waals surface area (Å²) in [5, 5.41) is 1.10. The molecule has 1 aromatic carbocycles. The number of piperazine rings is 1. The van der Waals surface area contributed by atoms with Crippen molar-refractivity contribution >= 4 is 16.8 Å². The van der Waals surface area contributed by atoms with Gasteiger partial charge in [0, 0.05) is 49.7 Å². The fourth-order valence-electron chi connectivity index (χ4n) is 3.51. The maximum Gasteiger partial charge on any atom is 0.265 e. The van der Waals surface area contributed by atoms with Crippen LogP contribution < -0.4 is 11.3 Å². The molecule has 3 aromatic rings. The number of nitrogens with two attached hydrogens (primary N) is 1. The smallest absolute Gasteiger partial charge is 0.265 e. The van der Waals surface area contributed by atoms with Crippen molar-refractivity contribution in [1.29, 1.82) is 0 Å². The van der Waals surface area contributed by atoms with E-state index in [1.165, 1.54) is 11.6 Å². The van der Waals surface area contributed by atoms with Crippen LogP contribution >= 0.6 is 0 Å². The molecule has 0 spiro atoms. The number of hydrogen-bond acceptors (Lipinski definition) is 4. The number of amides is 1. The number of nitrogens with one attached hydrogen (secondary N) is 2. The van der Waals surface area contributed by atoms with Gasteiger partial charge in [0.05, 0.1) is 11.3 Å². The van der Waals surface area contributed by atoms with Gasteiger partial charge in [-0.2, -0.15) is 0 Å². The lowest BCUT2D eigenvalue weighted by Gasteiger charge is -2.32. The lowest BCUT2D eigenvalue weighted by molar-refractivity contribution is 0.0995. The van der Waals surface area contributed by atoms with Crippen molar-refractivity contribution in [2.75, 3.05) is 33.2 Å². The van der Waals surface area contributed by atoms with E-state index >= 15 is 0 Å². The molecule has 27 heavy (non-hydrogen) atoms. The van der Waals surface area contributed by atoms with Crippen LogP contribution in [-0.2, 0) is 6.54 Å². The van der Waals surface area contributed by atoms with Gasteiger partial charge < -0.3 is 20.6 Å². The SMILES string of the molecule is CN1CCN(Cc2cccc3[nH]c(-c4c[c]c(C(N)=O)[nH]c4=O)cc23)CC1. The molecule has 7 nitrogen and oxygen atoms in total. The van der Waals surface area contributed by atoms with Crippen LogP contribution in [0.3, 0.4) is 0 Å². The summed E-state index contributed by atoms with van der Waals surface area (Å²) < 4.78 is 0. The zero-order valence-electron chi connectivity index (χ0n) is 15.2. The summed E-state index contributed by atoms with van der Waals surface area (Å²) in [5.74, 6) is -0.704. The molecule has 0 bridgehead atoms. The predicted molar refractivity (Wildman–Crippen MR) is 104 cm³/mol. The molecule has 3 heterocycles. The number of pyridine rings is 1. The van der Waals surface area contributed by atoms with Crippen LogP contribution in [0, 0.1) is 6.07 Å². The summed E-state index contributed by atoms with van der Waals surface area (Å²) in [6.07, 6.45) is 0. The van der Waals surface area contributed by atoms with Crippen LogP contribution in [0.4, 0.5) is 0 Å². The first-order valence-electron chi connectivity index (χ1n) is 8.98. The number of rotatable bonds is 4. The van der Waals surface area contributed by atoms with E-state index in [2.05, 4.69) is 38.9 Å². The summed E-state index contributed by atoms with van der Waals surface area (Å²) in [5.41, 5.74) is 8.15. The number of H-pyrrole nitrogens is 2. The Morgan fingerprint density at radius 3 is 2.70 bits per heavy atom. The lowest BCUT2D eigenvalue weighted by atomic mass is 10.1. The van der Waals surface area contributed by atoms with Gasteiger partial charge in [0.25, 0.3) is 11.5 Å². The molecular weight excluding hydrogens is 342 g/mol. The number of nitrogens with zero attached hydrogens (tertiary/aromatic N) is 2. The summed E-state index contributed by atoms with van der Waals surface area (Å²) >= 11 is 0. The highest BCUT2D eigenvalue weighted by molar-refractivity contribution is 5.91. The maximum absolute atomic E-state index is 12.3. The quantitative estimate of drug-likeness (QED) is 0.647. The van der Waals surface area contributed by atoms with E-state index in [-0.39, 0.29) is 11.3 Å². The monoisotopic (exact) mass is 364 g/mol. The van der Waals surface area contributed by atoms with E-state index in [9.17, 15) is 9.59 Å². The highest BCUT2D eigenvalue weighted by atomic mass is 16.1. The minimum absolute atomic E-state index is 0.0179. The summed E-state index contributed by atoms with van der Waals surface area (Å²) in [6, 6.07) is 12.4. The van der Waals surface area contributed by atoms with E-state index in [4.69, 9.17) is 5.73 Å². The summed E-state index contributed by atoms with van der Waals surface area (Å²) in [6.45, 7) is 5.13. The Bertz CT molecular complexity index is 1040. The lowest BCUT2D eigenvalue weighted by Crippen LogP contribution is -2.43. The van der Waals surface area contributed by atoms with Crippen LogP contribution in [0.15, 0.2) is 35.1 Å². The van der Waals surface area contributed by atoms with Gasteiger partial charge in [-0.25, -0.2) is 0 Å². The number of carbonyl (C=O) groups is 1. The van der Waals surface area contributed by atoms with Gasteiger partial charge in [0.15, 0.2) is 0 Å². The first-order chi connectivity index (χ1) is 13.0. The normalized spacial score (nSPS) is 16.0. The first-order valence-corrected chi connectivity index (χ1v) is 8.98. The number of likely N-dealkylation sites (N-methyl/N-ethyl adjacent to an activating group) is 1. The molecule has 1 aliphatic heterocycles. The van der Waals surface area contributed by atoms with Gasteiger partial charge in [0.2, 0.25) is 0 Å². The van der Waals surface area contributed by atoms with Gasteiger partial charge in [-0.15, -0.1) is 0 Å². The van der Waals surface area contributed by atoms with Gasteiger partial charge in [-0.1, -0.05) is 12.1 Å². The fraction of sp³-hybridized carbons (Fsp3) is 0.300. The third kappa shape index (κ3) is 3.51. The molecule has 139 valence electrons. The van der Waals surface area contributed by atoms with Crippen LogP contribution in [0.2, 0.25) is 0 Å². The van der Waals surface area contributed by atoms with Crippen molar-refractivity contribution in [3.63, 3.8) is 0 Å². The molecule has 7 heteroatoms. The average molecular weight is 364 g/mol. The zero-order valence-corrected chi connectivity index (χ0v) is 15.2. The third-order valence-electron chi connectivity index (χ3n) is 5.12. The van der Waals surface area contributed by atoms with Gasteiger partial charge in [-0.05, 0) is 30.8 Å². The molecule has 1 saturated heterocycles. The van der Waals surface area contributed by atoms with Crippen LogP contribution in [-0.4, -0.2) is 58.9 Å². The average Bonchev–Trinajstić information content (AvgIpc) is 3.08. The molecule has 0 unspecified atom stereocenters. The minimum atomic E-state index is -0.704. The second-order valence-electron chi connectivity index (χ2n) is 7.04. The number of carbonyl (C=O) groups excluding carboxylic acids is 1. The second kappa shape index (κ2) is 7.02. The molecule has 0 aliphatic carbocycles. The van der Waals surface area contributed by atoms with E-state index in [0.717, 1.165) is 43.6 Å². The third-order valence-corrected chi connectivity index (χ3v) is 5.12. The molecule has 4 rings (SSSR count). The number of benzene rings is 1. The summed E-state index contributed by atoms with van der Waals surface area (Å²) in [4.78, 5) is 34.1. The van der Waals surface area contributed by atoms with Crippen molar-refractivity contribution in [1.82, 2.24) is 19.8 Å². The van der Waals surface area contributed by atoms with Gasteiger partial charge >= 0.3 is 0 Å². The molecule has 1 radical (unpaired) electrons. The predicted octanol–water partition coefficient (Wildman–Crippen LogP) is 1.17. The van der Waals surface area contributed by atoms with Crippen molar-refractivity contribution < 1.29 is 4.79 Å². The van der Waals surface area contributed by atoms with Crippen molar-refractivity contribution in [2.24, 2.45) is 5.73 Å². The van der Waals surface area contributed by atoms with Crippen LogP contribution in [0.5, 0.6) is 0 Å². The second-order valence-corrected chi connectivity index (χ2v) is 7.04. The van der Waals surface area contributed by atoms with E-state index in [1.807, 2.05) is 18.2 Å². The topological polar surface area (TPSA) is 98.2 Å². The molecule has 0 atom stereocenters. The fourth-order valence-corrected chi connectivity index (χ4v) is 3.51. The molecule has 0 saturated carbocycles.